The molecule has 1 saturated heterocycles. The fourth-order valence-electron chi connectivity index (χ4n) is 3.72. The molecular formula is C22H22ClN3O4. The van der Waals surface area contributed by atoms with Gasteiger partial charge in [0.25, 0.3) is 5.69 Å². The number of benzene rings is 2. The van der Waals surface area contributed by atoms with Crippen molar-refractivity contribution in [1.29, 1.82) is 0 Å². The van der Waals surface area contributed by atoms with Gasteiger partial charge in [-0.25, -0.2) is 4.98 Å². The van der Waals surface area contributed by atoms with Crippen molar-refractivity contribution in [3.8, 4) is 0 Å². The van der Waals surface area contributed by atoms with Gasteiger partial charge >= 0.3 is 0 Å². The summed E-state index contributed by atoms with van der Waals surface area (Å²) < 4.78 is 14.5. The lowest BCUT2D eigenvalue weighted by molar-refractivity contribution is -0.386. The van der Waals surface area contributed by atoms with Crippen molar-refractivity contribution in [2.24, 2.45) is 0 Å². The molecule has 4 rings (SSSR count). The Bertz CT molecular complexity index is 978. The summed E-state index contributed by atoms with van der Waals surface area (Å²) in [4.78, 5) is 15.3. The molecule has 7 nitrogen and oxygen atoms in total. The monoisotopic (exact) mass is 427 g/mol. The van der Waals surface area contributed by atoms with Gasteiger partial charge in [-0.3, -0.25) is 10.1 Å². The van der Waals surface area contributed by atoms with Crippen LogP contribution in [0.4, 0.5) is 5.69 Å². The normalized spacial score (nSPS) is 20.0. The summed E-state index contributed by atoms with van der Waals surface area (Å²) in [6.45, 7) is 0.691. The van der Waals surface area contributed by atoms with Crippen LogP contribution in [-0.2, 0) is 16.0 Å². The number of aromatic nitrogens is 2. The summed E-state index contributed by atoms with van der Waals surface area (Å²) >= 11 is 6.04. The highest BCUT2D eigenvalue weighted by molar-refractivity contribution is 6.30. The predicted octanol–water partition coefficient (Wildman–Crippen LogP) is 5.15. The second kappa shape index (κ2) is 9.38. The van der Waals surface area contributed by atoms with Crippen molar-refractivity contribution < 1.29 is 14.4 Å². The molecule has 2 heterocycles. The van der Waals surface area contributed by atoms with E-state index in [4.69, 9.17) is 21.1 Å². The van der Waals surface area contributed by atoms with Crippen molar-refractivity contribution in [3.63, 3.8) is 0 Å². The van der Waals surface area contributed by atoms with Gasteiger partial charge in [-0.2, -0.15) is 0 Å². The van der Waals surface area contributed by atoms with Gasteiger partial charge in [-0.1, -0.05) is 35.9 Å². The molecule has 3 atom stereocenters. The largest absolute Gasteiger partial charge is 0.348 e. The summed E-state index contributed by atoms with van der Waals surface area (Å²) in [5.41, 5.74) is 1.29. The first-order valence-electron chi connectivity index (χ1n) is 9.85. The SMILES string of the molecule is O=[N+]([O-])c1ccccc1C(OC1CCCC(Cn2ccnc2)O1)c1ccc(Cl)cc1. The average molecular weight is 428 g/mol. The van der Waals surface area contributed by atoms with Gasteiger partial charge < -0.3 is 14.0 Å². The maximum Gasteiger partial charge on any atom is 0.275 e. The van der Waals surface area contributed by atoms with E-state index in [-0.39, 0.29) is 16.7 Å². The number of nitro benzene ring substituents is 1. The van der Waals surface area contributed by atoms with Crippen LogP contribution in [0.3, 0.4) is 0 Å². The molecule has 0 spiro atoms. The molecular weight excluding hydrogens is 406 g/mol. The fourth-order valence-corrected chi connectivity index (χ4v) is 3.85. The zero-order valence-corrected chi connectivity index (χ0v) is 17.0. The van der Waals surface area contributed by atoms with Gasteiger partial charge in [0.1, 0.15) is 6.10 Å². The second-order valence-corrected chi connectivity index (χ2v) is 7.70. The van der Waals surface area contributed by atoms with Crippen LogP contribution < -0.4 is 0 Å². The van der Waals surface area contributed by atoms with E-state index >= 15 is 0 Å². The number of hydrogen-bond acceptors (Lipinski definition) is 5. The number of para-hydroxylation sites is 1. The van der Waals surface area contributed by atoms with E-state index in [2.05, 4.69) is 4.98 Å². The topological polar surface area (TPSA) is 79.4 Å². The van der Waals surface area contributed by atoms with Crippen LogP contribution in [0.2, 0.25) is 5.02 Å². The molecule has 156 valence electrons. The van der Waals surface area contributed by atoms with Crippen molar-refractivity contribution in [1.82, 2.24) is 9.55 Å². The summed E-state index contributed by atoms with van der Waals surface area (Å²) in [5.74, 6) is 0. The predicted molar refractivity (Wildman–Crippen MR) is 112 cm³/mol. The maximum atomic E-state index is 11.6. The van der Waals surface area contributed by atoms with Gasteiger partial charge in [0.05, 0.1) is 22.9 Å². The van der Waals surface area contributed by atoms with Gasteiger partial charge in [0, 0.05) is 30.0 Å². The van der Waals surface area contributed by atoms with E-state index in [0.717, 1.165) is 24.8 Å². The van der Waals surface area contributed by atoms with E-state index in [1.807, 2.05) is 22.9 Å². The third-order valence-corrected chi connectivity index (χ3v) is 5.41. The Kier molecular flexibility index (Phi) is 6.42. The molecule has 0 radical (unpaired) electrons. The molecule has 30 heavy (non-hydrogen) atoms. The fraction of sp³-hybridized carbons (Fsp3) is 0.318. The van der Waals surface area contributed by atoms with Crippen molar-refractivity contribution in [2.75, 3.05) is 0 Å². The zero-order valence-electron chi connectivity index (χ0n) is 16.3. The molecule has 1 aromatic heterocycles. The number of rotatable bonds is 7. The molecule has 8 heteroatoms. The first-order valence-corrected chi connectivity index (χ1v) is 10.2. The molecule has 0 bridgehead atoms. The van der Waals surface area contributed by atoms with Crippen LogP contribution in [0.25, 0.3) is 0 Å². The van der Waals surface area contributed by atoms with Crippen LogP contribution in [0.1, 0.15) is 36.5 Å². The van der Waals surface area contributed by atoms with Crippen LogP contribution in [0.15, 0.2) is 67.3 Å². The molecule has 2 aromatic carbocycles. The smallest absolute Gasteiger partial charge is 0.275 e. The number of nitrogens with zero attached hydrogens (tertiary/aromatic N) is 3. The van der Waals surface area contributed by atoms with Crippen LogP contribution >= 0.6 is 11.6 Å². The maximum absolute atomic E-state index is 11.6. The molecule has 3 unspecified atom stereocenters. The third-order valence-electron chi connectivity index (χ3n) is 5.16. The molecule has 1 aliphatic heterocycles. The number of hydrogen-bond donors (Lipinski definition) is 0. The van der Waals surface area contributed by atoms with Crippen molar-refractivity contribution in [3.05, 3.63) is 93.5 Å². The number of imidazole rings is 1. The van der Waals surface area contributed by atoms with Gasteiger partial charge in [0.15, 0.2) is 6.29 Å². The van der Waals surface area contributed by atoms with Crippen molar-refractivity contribution in [2.45, 2.75) is 44.3 Å². The molecule has 0 amide bonds. The van der Waals surface area contributed by atoms with E-state index in [1.165, 1.54) is 6.07 Å². The Morgan fingerprint density at radius 1 is 1.23 bits per heavy atom. The van der Waals surface area contributed by atoms with Crippen molar-refractivity contribution >= 4 is 17.3 Å². The third kappa shape index (κ3) is 4.87. The molecule has 0 saturated carbocycles. The minimum Gasteiger partial charge on any atom is -0.348 e. The Hall–Kier alpha value is -2.74. The van der Waals surface area contributed by atoms with Crippen LogP contribution in [-0.4, -0.2) is 26.9 Å². The Balaban J connectivity index is 1.58. The van der Waals surface area contributed by atoms with E-state index in [1.54, 1.807) is 42.9 Å². The van der Waals surface area contributed by atoms with Crippen LogP contribution in [0, 0.1) is 10.1 Å². The first-order chi connectivity index (χ1) is 14.6. The molecule has 1 aliphatic rings. The van der Waals surface area contributed by atoms with Gasteiger partial charge in [-0.05, 0) is 43.0 Å². The van der Waals surface area contributed by atoms with E-state index in [0.29, 0.717) is 17.1 Å². The highest BCUT2D eigenvalue weighted by Gasteiger charge is 2.30. The standard InChI is InChI=1S/C22H22ClN3O4/c23-17-10-8-16(9-11-17)22(19-5-1-2-6-20(19)26(27)28)30-21-7-3-4-18(29-21)14-25-13-12-24-15-25/h1-2,5-6,8-13,15,18,21-22H,3-4,7,14H2. The summed E-state index contributed by atoms with van der Waals surface area (Å²) in [6, 6.07) is 13.8. The second-order valence-electron chi connectivity index (χ2n) is 7.26. The Morgan fingerprint density at radius 2 is 2.03 bits per heavy atom. The van der Waals surface area contributed by atoms with E-state index < -0.39 is 12.4 Å². The molecule has 0 aliphatic carbocycles. The molecule has 1 fully saturated rings. The first kappa shape index (κ1) is 20.5. The zero-order chi connectivity index (χ0) is 20.9. The summed E-state index contributed by atoms with van der Waals surface area (Å²) in [5, 5.41) is 12.2. The summed E-state index contributed by atoms with van der Waals surface area (Å²) in [6.07, 6.45) is 6.90. The lowest BCUT2D eigenvalue weighted by atomic mass is 9.99. The highest BCUT2D eigenvalue weighted by Crippen LogP contribution is 2.36. The summed E-state index contributed by atoms with van der Waals surface area (Å²) in [7, 11) is 0. The quantitative estimate of drug-likeness (QED) is 0.385. The number of halogens is 1. The molecule has 3 aromatic rings. The Labute approximate surface area is 179 Å². The number of ether oxygens (including phenoxy) is 2. The molecule has 0 N–H and O–H groups in total. The lowest BCUT2D eigenvalue weighted by Crippen LogP contribution is -2.33. The van der Waals surface area contributed by atoms with Gasteiger partial charge in [-0.15, -0.1) is 0 Å². The highest BCUT2D eigenvalue weighted by atomic mass is 35.5. The average Bonchev–Trinajstić information content (AvgIpc) is 3.26. The Morgan fingerprint density at radius 3 is 2.77 bits per heavy atom. The minimum atomic E-state index is -0.638. The lowest BCUT2D eigenvalue weighted by Gasteiger charge is -2.33. The van der Waals surface area contributed by atoms with E-state index in [9.17, 15) is 10.1 Å². The minimum absolute atomic E-state index is 0.00502. The van der Waals surface area contributed by atoms with Crippen LogP contribution in [0.5, 0.6) is 0 Å². The number of nitro groups is 1. The van der Waals surface area contributed by atoms with Gasteiger partial charge in [0.2, 0.25) is 0 Å².